The van der Waals surface area contributed by atoms with Crippen LogP contribution in [0.25, 0.3) is 6.08 Å². The highest BCUT2D eigenvalue weighted by Gasteiger charge is 2.31. The van der Waals surface area contributed by atoms with Crippen LogP contribution >= 0.6 is 11.6 Å². The van der Waals surface area contributed by atoms with Crippen LogP contribution in [-0.4, -0.2) is 42.0 Å². The van der Waals surface area contributed by atoms with E-state index in [1.54, 1.807) is 12.1 Å². The van der Waals surface area contributed by atoms with Gasteiger partial charge in [-0.3, -0.25) is 9.69 Å². The van der Waals surface area contributed by atoms with Gasteiger partial charge < -0.3 is 10.1 Å². The number of halogens is 1. The number of aryl methyl sites for hydroxylation is 1. The Bertz CT molecular complexity index is 672. The van der Waals surface area contributed by atoms with Gasteiger partial charge in [0.1, 0.15) is 0 Å². The first-order chi connectivity index (χ1) is 10.9. The maximum absolute atomic E-state index is 12.0. The number of amides is 3. The van der Waals surface area contributed by atoms with Crippen LogP contribution in [-0.2, 0) is 14.3 Å². The van der Waals surface area contributed by atoms with Crippen LogP contribution in [0.2, 0.25) is 5.02 Å². The van der Waals surface area contributed by atoms with Gasteiger partial charge in [-0.25, -0.2) is 9.59 Å². The molecule has 2 rings (SSSR count). The maximum atomic E-state index is 12.0. The van der Waals surface area contributed by atoms with E-state index in [0.717, 1.165) is 16.0 Å². The fourth-order valence-corrected chi connectivity index (χ4v) is 2.23. The third kappa shape index (κ3) is 4.32. The van der Waals surface area contributed by atoms with Gasteiger partial charge in [-0.15, -0.1) is 0 Å². The number of imide groups is 1. The molecule has 0 unspecified atom stereocenters. The van der Waals surface area contributed by atoms with E-state index >= 15 is 0 Å². The predicted octanol–water partition coefficient (Wildman–Crippen LogP) is 2.15. The molecule has 1 fully saturated rings. The Morgan fingerprint density at radius 2 is 2.17 bits per heavy atom. The SMILES string of the molecule is Cc1ccc(/C=C/C(=O)O[C@@H](C)C(=O)N2CCNC2=O)cc1Cl. The van der Waals surface area contributed by atoms with Crippen molar-refractivity contribution in [2.75, 3.05) is 13.1 Å². The third-order valence-electron chi connectivity index (χ3n) is 3.37. The summed E-state index contributed by atoms with van der Waals surface area (Å²) >= 11 is 6.00. The van der Waals surface area contributed by atoms with Crippen molar-refractivity contribution in [3.63, 3.8) is 0 Å². The molecular formula is C16H17ClN2O4. The summed E-state index contributed by atoms with van der Waals surface area (Å²) in [5, 5.41) is 3.12. The lowest BCUT2D eigenvalue weighted by molar-refractivity contribution is -0.153. The number of nitrogens with zero attached hydrogens (tertiary/aromatic N) is 1. The summed E-state index contributed by atoms with van der Waals surface area (Å²) in [5.41, 5.74) is 1.69. The van der Waals surface area contributed by atoms with Crippen LogP contribution < -0.4 is 5.32 Å². The summed E-state index contributed by atoms with van der Waals surface area (Å²) in [6.45, 7) is 3.99. The van der Waals surface area contributed by atoms with Crippen LogP contribution in [0.15, 0.2) is 24.3 Å². The summed E-state index contributed by atoms with van der Waals surface area (Å²) in [6, 6.07) is 4.91. The summed E-state index contributed by atoms with van der Waals surface area (Å²) in [7, 11) is 0. The Labute approximate surface area is 139 Å². The Balaban J connectivity index is 1.93. The highest BCUT2D eigenvalue weighted by atomic mass is 35.5. The van der Waals surface area contributed by atoms with E-state index in [2.05, 4.69) is 5.32 Å². The molecule has 1 saturated heterocycles. The normalized spacial score (nSPS) is 15.6. The first kappa shape index (κ1) is 17.0. The van der Waals surface area contributed by atoms with E-state index in [0.29, 0.717) is 11.6 Å². The van der Waals surface area contributed by atoms with Gasteiger partial charge in [-0.1, -0.05) is 23.7 Å². The average Bonchev–Trinajstić information content (AvgIpc) is 2.93. The molecule has 1 aliphatic rings. The van der Waals surface area contributed by atoms with Crippen LogP contribution in [0.4, 0.5) is 4.79 Å². The first-order valence-corrected chi connectivity index (χ1v) is 7.50. The lowest BCUT2D eigenvalue weighted by atomic mass is 10.1. The summed E-state index contributed by atoms with van der Waals surface area (Å²) in [5.74, 6) is -1.21. The van der Waals surface area contributed by atoms with Gasteiger partial charge in [-0.2, -0.15) is 0 Å². The zero-order chi connectivity index (χ0) is 17.0. The summed E-state index contributed by atoms with van der Waals surface area (Å²) < 4.78 is 5.02. The number of hydrogen-bond acceptors (Lipinski definition) is 4. The smallest absolute Gasteiger partial charge is 0.331 e. The molecule has 122 valence electrons. The zero-order valence-electron chi connectivity index (χ0n) is 12.8. The highest BCUT2D eigenvalue weighted by molar-refractivity contribution is 6.31. The Morgan fingerprint density at radius 1 is 1.43 bits per heavy atom. The number of urea groups is 1. The molecule has 3 amide bonds. The number of rotatable bonds is 4. The van der Waals surface area contributed by atoms with Crippen molar-refractivity contribution in [2.45, 2.75) is 20.0 Å². The minimum atomic E-state index is -1.03. The molecule has 7 heteroatoms. The van der Waals surface area contributed by atoms with Gasteiger partial charge in [0.05, 0.1) is 0 Å². The number of hydrogen-bond donors (Lipinski definition) is 1. The number of nitrogens with one attached hydrogen (secondary N) is 1. The van der Waals surface area contributed by atoms with Crippen molar-refractivity contribution in [1.29, 1.82) is 0 Å². The van der Waals surface area contributed by atoms with E-state index in [4.69, 9.17) is 16.3 Å². The van der Waals surface area contributed by atoms with Crippen molar-refractivity contribution >= 4 is 35.6 Å². The molecule has 6 nitrogen and oxygen atoms in total. The van der Waals surface area contributed by atoms with E-state index in [1.807, 2.05) is 19.1 Å². The number of carbonyl (C=O) groups excluding carboxylic acids is 3. The van der Waals surface area contributed by atoms with Crippen molar-refractivity contribution in [2.24, 2.45) is 0 Å². The topological polar surface area (TPSA) is 75.7 Å². The molecule has 0 spiro atoms. The monoisotopic (exact) mass is 336 g/mol. The number of carbonyl (C=O) groups is 3. The number of esters is 1. The van der Waals surface area contributed by atoms with Crippen LogP contribution in [0.5, 0.6) is 0 Å². The zero-order valence-corrected chi connectivity index (χ0v) is 13.6. The first-order valence-electron chi connectivity index (χ1n) is 7.12. The van der Waals surface area contributed by atoms with Crippen molar-refractivity contribution in [1.82, 2.24) is 10.2 Å². The second-order valence-electron chi connectivity index (χ2n) is 5.14. The number of ether oxygens (including phenoxy) is 1. The quantitative estimate of drug-likeness (QED) is 0.675. The molecule has 23 heavy (non-hydrogen) atoms. The van der Waals surface area contributed by atoms with E-state index in [1.165, 1.54) is 13.0 Å². The predicted molar refractivity (Wildman–Crippen MR) is 85.9 cm³/mol. The lowest BCUT2D eigenvalue weighted by Crippen LogP contribution is -2.41. The van der Waals surface area contributed by atoms with E-state index in [-0.39, 0.29) is 6.54 Å². The van der Waals surface area contributed by atoms with Crippen molar-refractivity contribution < 1.29 is 19.1 Å². The average molecular weight is 337 g/mol. The molecule has 1 heterocycles. The lowest BCUT2D eigenvalue weighted by Gasteiger charge is -2.17. The van der Waals surface area contributed by atoms with Gasteiger partial charge in [0.2, 0.25) is 0 Å². The molecule has 1 aromatic carbocycles. The molecule has 0 aliphatic carbocycles. The van der Waals surface area contributed by atoms with Gasteiger partial charge >= 0.3 is 12.0 Å². The van der Waals surface area contributed by atoms with Crippen LogP contribution in [0, 0.1) is 6.92 Å². The van der Waals surface area contributed by atoms with Gasteiger partial charge in [0.15, 0.2) is 6.10 Å². The highest BCUT2D eigenvalue weighted by Crippen LogP contribution is 2.17. The molecule has 1 aromatic rings. The standard InChI is InChI=1S/C16H17ClN2O4/c1-10-3-4-12(9-13(10)17)5-6-14(20)23-11(2)15(21)19-8-7-18-16(19)22/h3-6,9,11H,7-8H2,1-2H3,(H,18,22)/b6-5+/t11-/m0/s1. The second kappa shape index (κ2) is 7.28. The molecule has 1 N–H and O–H groups in total. The summed E-state index contributed by atoms with van der Waals surface area (Å²) in [4.78, 5) is 36.2. The number of benzene rings is 1. The Hall–Kier alpha value is -2.34. The van der Waals surface area contributed by atoms with Gasteiger partial charge in [0.25, 0.3) is 5.91 Å². The van der Waals surface area contributed by atoms with E-state index < -0.39 is 24.0 Å². The maximum Gasteiger partial charge on any atom is 0.331 e. The molecule has 1 aliphatic heterocycles. The van der Waals surface area contributed by atoms with Crippen molar-refractivity contribution in [3.8, 4) is 0 Å². The van der Waals surface area contributed by atoms with Gasteiger partial charge in [0, 0.05) is 24.2 Å². The largest absolute Gasteiger partial charge is 0.449 e. The third-order valence-corrected chi connectivity index (χ3v) is 3.78. The molecule has 0 radical (unpaired) electrons. The Morgan fingerprint density at radius 3 is 2.78 bits per heavy atom. The van der Waals surface area contributed by atoms with Crippen molar-refractivity contribution in [3.05, 3.63) is 40.4 Å². The minimum absolute atomic E-state index is 0.275. The fourth-order valence-electron chi connectivity index (χ4n) is 2.04. The fraction of sp³-hybridized carbons (Fsp3) is 0.312. The summed E-state index contributed by atoms with van der Waals surface area (Å²) in [6.07, 6.45) is 1.74. The molecule has 1 atom stereocenters. The molecule has 0 aromatic heterocycles. The Kier molecular flexibility index (Phi) is 5.39. The molecule has 0 saturated carbocycles. The van der Waals surface area contributed by atoms with Crippen LogP contribution in [0.3, 0.4) is 0 Å². The minimum Gasteiger partial charge on any atom is -0.449 e. The molecule has 0 bridgehead atoms. The van der Waals surface area contributed by atoms with Gasteiger partial charge in [-0.05, 0) is 37.1 Å². The second-order valence-corrected chi connectivity index (χ2v) is 5.55. The van der Waals surface area contributed by atoms with Crippen LogP contribution in [0.1, 0.15) is 18.1 Å². The van der Waals surface area contributed by atoms with E-state index in [9.17, 15) is 14.4 Å². The molecular weight excluding hydrogens is 320 g/mol.